The number of imide groups is 1. The first-order chi connectivity index (χ1) is 9.02. The Balaban J connectivity index is 2.34. The molecule has 2 amide bonds. The van der Waals surface area contributed by atoms with Gasteiger partial charge in [-0.1, -0.05) is 0 Å². The molecule has 0 bridgehead atoms. The van der Waals surface area contributed by atoms with Crippen LogP contribution >= 0.6 is 0 Å². The van der Waals surface area contributed by atoms with Crippen molar-refractivity contribution in [2.75, 3.05) is 26.7 Å². The largest absolute Gasteiger partial charge is 0.465 e. The fraction of sp³-hybridized carbons (Fsp3) is 0.417. The van der Waals surface area contributed by atoms with Gasteiger partial charge in [-0.3, -0.25) is 24.6 Å². The van der Waals surface area contributed by atoms with Gasteiger partial charge in [-0.2, -0.15) is 0 Å². The number of carbonyl (C=O) groups excluding carboxylic acids is 3. The van der Waals surface area contributed by atoms with E-state index in [1.54, 1.807) is 32.3 Å². The van der Waals surface area contributed by atoms with Gasteiger partial charge in [0.15, 0.2) is 0 Å². The van der Waals surface area contributed by atoms with E-state index in [1.165, 1.54) is 4.90 Å². The average Bonchev–Trinajstić information content (AvgIpc) is 2.81. The molecular formula is C12H17N3O4. The molecule has 19 heavy (non-hydrogen) atoms. The molecule has 2 N–H and O–H groups in total. The van der Waals surface area contributed by atoms with Crippen molar-refractivity contribution in [3.63, 3.8) is 0 Å². The SMILES string of the molecule is CCOC(=O)CN(C)CC(=O)NC(=O)c1ccc[nH]1. The van der Waals surface area contributed by atoms with E-state index in [2.05, 4.69) is 10.3 Å². The summed E-state index contributed by atoms with van der Waals surface area (Å²) in [4.78, 5) is 38.4. The fourth-order valence-corrected chi connectivity index (χ4v) is 1.43. The van der Waals surface area contributed by atoms with Gasteiger partial charge in [-0.05, 0) is 26.1 Å². The molecule has 104 valence electrons. The Kier molecular flexibility index (Phi) is 5.74. The Morgan fingerprint density at radius 3 is 2.68 bits per heavy atom. The molecule has 7 nitrogen and oxygen atoms in total. The second-order valence-corrected chi connectivity index (χ2v) is 3.94. The summed E-state index contributed by atoms with van der Waals surface area (Å²) in [7, 11) is 1.59. The summed E-state index contributed by atoms with van der Waals surface area (Å²) in [5.74, 6) is -1.39. The summed E-state index contributed by atoms with van der Waals surface area (Å²) in [5, 5.41) is 2.22. The number of hydrogen-bond donors (Lipinski definition) is 2. The molecule has 0 aliphatic rings. The highest BCUT2D eigenvalue weighted by molar-refractivity contribution is 6.04. The molecule has 0 radical (unpaired) electrons. The predicted molar refractivity (Wildman–Crippen MR) is 67.4 cm³/mol. The number of nitrogens with one attached hydrogen (secondary N) is 2. The highest BCUT2D eigenvalue weighted by Gasteiger charge is 2.14. The van der Waals surface area contributed by atoms with E-state index in [4.69, 9.17) is 4.74 Å². The van der Waals surface area contributed by atoms with E-state index in [-0.39, 0.29) is 13.1 Å². The molecule has 0 unspecified atom stereocenters. The van der Waals surface area contributed by atoms with Gasteiger partial charge in [0.05, 0.1) is 19.7 Å². The maximum atomic E-state index is 11.6. The molecule has 0 aromatic carbocycles. The van der Waals surface area contributed by atoms with Gasteiger partial charge in [0.1, 0.15) is 5.69 Å². The molecule has 7 heteroatoms. The predicted octanol–water partition coefficient (Wildman–Crippen LogP) is -0.234. The van der Waals surface area contributed by atoms with Crippen LogP contribution in [0.1, 0.15) is 17.4 Å². The van der Waals surface area contributed by atoms with Crippen molar-refractivity contribution in [2.45, 2.75) is 6.92 Å². The number of rotatable bonds is 6. The lowest BCUT2D eigenvalue weighted by Gasteiger charge is -2.14. The molecule has 0 aliphatic heterocycles. The van der Waals surface area contributed by atoms with Crippen molar-refractivity contribution in [1.82, 2.24) is 15.2 Å². The van der Waals surface area contributed by atoms with Gasteiger partial charge >= 0.3 is 5.97 Å². The van der Waals surface area contributed by atoms with E-state index in [9.17, 15) is 14.4 Å². The summed E-state index contributed by atoms with van der Waals surface area (Å²) in [5.41, 5.74) is 0.307. The van der Waals surface area contributed by atoms with Gasteiger partial charge in [-0.25, -0.2) is 0 Å². The van der Waals surface area contributed by atoms with Crippen LogP contribution < -0.4 is 5.32 Å². The van der Waals surface area contributed by atoms with Crippen LogP contribution in [-0.2, 0) is 14.3 Å². The van der Waals surface area contributed by atoms with Crippen molar-refractivity contribution >= 4 is 17.8 Å². The van der Waals surface area contributed by atoms with E-state index in [1.807, 2.05) is 0 Å². The maximum absolute atomic E-state index is 11.6. The van der Waals surface area contributed by atoms with Crippen LogP contribution in [0.15, 0.2) is 18.3 Å². The molecular weight excluding hydrogens is 250 g/mol. The zero-order valence-corrected chi connectivity index (χ0v) is 10.9. The molecule has 0 fully saturated rings. The second kappa shape index (κ2) is 7.32. The minimum atomic E-state index is -0.500. The number of esters is 1. The van der Waals surface area contributed by atoms with Crippen LogP contribution in [0.2, 0.25) is 0 Å². The number of hydrogen-bond acceptors (Lipinski definition) is 5. The van der Waals surface area contributed by atoms with Crippen LogP contribution in [0, 0.1) is 0 Å². The number of ether oxygens (including phenoxy) is 1. The van der Waals surface area contributed by atoms with Crippen molar-refractivity contribution < 1.29 is 19.1 Å². The number of aromatic amines is 1. The van der Waals surface area contributed by atoms with E-state index >= 15 is 0 Å². The first kappa shape index (κ1) is 14.9. The molecule has 0 aliphatic carbocycles. The van der Waals surface area contributed by atoms with Crippen LogP contribution in [0.4, 0.5) is 0 Å². The van der Waals surface area contributed by atoms with Crippen LogP contribution in [-0.4, -0.2) is 54.4 Å². The summed E-state index contributed by atoms with van der Waals surface area (Å²) in [6, 6.07) is 3.22. The monoisotopic (exact) mass is 267 g/mol. The number of amides is 2. The van der Waals surface area contributed by atoms with E-state index in [0.717, 1.165) is 0 Å². The van der Waals surface area contributed by atoms with Crippen LogP contribution in [0.25, 0.3) is 0 Å². The Labute approximate surface area is 110 Å². The van der Waals surface area contributed by atoms with Gasteiger partial charge in [0, 0.05) is 6.20 Å². The molecule has 0 saturated carbocycles. The molecule has 0 atom stereocenters. The number of nitrogens with zero attached hydrogens (tertiary/aromatic N) is 1. The highest BCUT2D eigenvalue weighted by atomic mass is 16.5. The number of likely N-dealkylation sites (N-methyl/N-ethyl adjacent to an activating group) is 1. The Bertz CT molecular complexity index is 442. The molecule has 0 saturated heterocycles. The van der Waals surface area contributed by atoms with Crippen LogP contribution in [0.5, 0.6) is 0 Å². The lowest BCUT2D eigenvalue weighted by atomic mass is 10.4. The van der Waals surface area contributed by atoms with Gasteiger partial charge < -0.3 is 9.72 Å². The van der Waals surface area contributed by atoms with Crippen molar-refractivity contribution in [3.8, 4) is 0 Å². The summed E-state index contributed by atoms with van der Waals surface area (Å²) in [6.07, 6.45) is 1.59. The zero-order valence-electron chi connectivity index (χ0n) is 10.9. The lowest BCUT2D eigenvalue weighted by Crippen LogP contribution is -2.40. The first-order valence-electron chi connectivity index (χ1n) is 5.84. The lowest BCUT2D eigenvalue weighted by molar-refractivity contribution is -0.144. The Morgan fingerprint density at radius 2 is 2.11 bits per heavy atom. The normalized spacial score (nSPS) is 10.3. The zero-order chi connectivity index (χ0) is 14.3. The second-order valence-electron chi connectivity index (χ2n) is 3.94. The molecule has 0 spiro atoms. The number of aromatic nitrogens is 1. The fourth-order valence-electron chi connectivity index (χ4n) is 1.43. The first-order valence-corrected chi connectivity index (χ1v) is 5.84. The van der Waals surface area contributed by atoms with Gasteiger partial charge in [-0.15, -0.1) is 0 Å². The maximum Gasteiger partial charge on any atom is 0.320 e. The van der Waals surface area contributed by atoms with Crippen LogP contribution in [0.3, 0.4) is 0 Å². The van der Waals surface area contributed by atoms with Gasteiger partial charge in [0.25, 0.3) is 5.91 Å². The molecule has 1 rings (SSSR count). The quantitative estimate of drug-likeness (QED) is 0.694. The smallest absolute Gasteiger partial charge is 0.320 e. The Hall–Kier alpha value is -2.15. The summed E-state index contributed by atoms with van der Waals surface area (Å²) < 4.78 is 4.75. The Morgan fingerprint density at radius 1 is 1.37 bits per heavy atom. The van der Waals surface area contributed by atoms with Crippen molar-refractivity contribution in [1.29, 1.82) is 0 Å². The molecule has 1 aromatic heterocycles. The van der Waals surface area contributed by atoms with Crippen molar-refractivity contribution in [3.05, 3.63) is 24.0 Å². The highest BCUT2D eigenvalue weighted by Crippen LogP contribution is 1.94. The third kappa shape index (κ3) is 5.35. The molecule has 1 heterocycles. The van der Waals surface area contributed by atoms with Crippen molar-refractivity contribution in [2.24, 2.45) is 0 Å². The summed E-state index contributed by atoms with van der Waals surface area (Å²) >= 11 is 0. The third-order valence-electron chi connectivity index (χ3n) is 2.21. The average molecular weight is 267 g/mol. The third-order valence-corrected chi connectivity index (χ3v) is 2.21. The standard InChI is InChI=1S/C12H17N3O4/c1-3-19-11(17)8-15(2)7-10(16)14-12(18)9-5-4-6-13-9/h4-6,13H,3,7-8H2,1-2H3,(H,14,16,18). The number of carbonyl (C=O) groups is 3. The minimum absolute atomic E-state index is 0.00203. The number of H-pyrrole nitrogens is 1. The minimum Gasteiger partial charge on any atom is -0.465 e. The summed E-state index contributed by atoms with van der Waals surface area (Å²) in [6.45, 7) is 1.94. The van der Waals surface area contributed by atoms with Gasteiger partial charge in [0.2, 0.25) is 5.91 Å². The van der Waals surface area contributed by atoms with E-state index < -0.39 is 17.8 Å². The molecule has 1 aromatic rings. The van der Waals surface area contributed by atoms with E-state index in [0.29, 0.717) is 12.3 Å². The topological polar surface area (TPSA) is 91.5 Å².